The van der Waals surface area contributed by atoms with E-state index in [2.05, 4.69) is 39.0 Å². The van der Waals surface area contributed by atoms with Crippen LogP contribution in [0.4, 0.5) is 0 Å². The number of hydrogen-bond acceptors (Lipinski definition) is 5. The SMILES string of the molecule is O=C(NCc1ccc(Cl)cc1)c1cn2c3c(cc(CN4CCOCC4)cc3c1=S)OC(c1ccccc1)C2. The van der Waals surface area contributed by atoms with Crippen LogP contribution in [0.2, 0.25) is 5.02 Å². The van der Waals surface area contributed by atoms with Crippen LogP contribution < -0.4 is 10.1 Å². The van der Waals surface area contributed by atoms with Gasteiger partial charge in [-0.2, -0.15) is 0 Å². The molecule has 2 aliphatic rings. The van der Waals surface area contributed by atoms with E-state index in [0.717, 1.165) is 66.2 Å². The second kappa shape index (κ2) is 10.9. The fraction of sp³-hybridized carbons (Fsp3) is 0.267. The fourth-order valence-corrected chi connectivity index (χ4v) is 5.58. The largest absolute Gasteiger partial charge is 0.482 e. The van der Waals surface area contributed by atoms with E-state index in [4.69, 9.17) is 33.3 Å². The van der Waals surface area contributed by atoms with Crippen LogP contribution >= 0.6 is 23.8 Å². The van der Waals surface area contributed by atoms with Crippen LogP contribution in [-0.4, -0.2) is 41.7 Å². The first-order valence-electron chi connectivity index (χ1n) is 12.8. The Labute approximate surface area is 231 Å². The third kappa shape index (κ3) is 5.20. The molecule has 6 nitrogen and oxygen atoms in total. The van der Waals surface area contributed by atoms with Crippen LogP contribution in [0.3, 0.4) is 0 Å². The van der Waals surface area contributed by atoms with Crippen LogP contribution in [0.5, 0.6) is 5.75 Å². The summed E-state index contributed by atoms with van der Waals surface area (Å²) in [4.78, 5) is 15.8. The van der Waals surface area contributed by atoms with Gasteiger partial charge in [-0.25, -0.2) is 0 Å². The van der Waals surface area contributed by atoms with Gasteiger partial charge in [0.2, 0.25) is 0 Å². The molecule has 38 heavy (non-hydrogen) atoms. The van der Waals surface area contributed by atoms with Crippen molar-refractivity contribution in [1.82, 2.24) is 14.8 Å². The summed E-state index contributed by atoms with van der Waals surface area (Å²) in [6.45, 7) is 4.98. The van der Waals surface area contributed by atoms with Crippen LogP contribution in [0.1, 0.15) is 33.2 Å². The van der Waals surface area contributed by atoms with Gasteiger partial charge < -0.3 is 19.4 Å². The molecule has 6 rings (SSSR count). The zero-order valence-corrected chi connectivity index (χ0v) is 22.4. The van der Waals surface area contributed by atoms with Crippen LogP contribution in [-0.2, 0) is 24.4 Å². The summed E-state index contributed by atoms with van der Waals surface area (Å²) < 4.78 is 14.8. The number of aromatic nitrogens is 1. The van der Waals surface area contributed by atoms with Crippen molar-refractivity contribution in [3.05, 3.63) is 105 Å². The van der Waals surface area contributed by atoms with Gasteiger partial charge in [-0.3, -0.25) is 9.69 Å². The van der Waals surface area contributed by atoms with Crippen molar-refractivity contribution >= 4 is 40.6 Å². The number of nitrogens with one attached hydrogen (secondary N) is 1. The van der Waals surface area contributed by atoms with Gasteiger partial charge in [-0.1, -0.05) is 66.3 Å². The highest BCUT2D eigenvalue weighted by Crippen LogP contribution is 2.38. The van der Waals surface area contributed by atoms with E-state index in [1.807, 2.05) is 48.7 Å². The number of hydrogen-bond donors (Lipinski definition) is 1. The van der Waals surface area contributed by atoms with Gasteiger partial charge in [0.05, 0.1) is 35.3 Å². The Morgan fingerprint density at radius 2 is 1.79 bits per heavy atom. The van der Waals surface area contributed by atoms with E-state index < -0.39 is 0 Å². The zero-order chi connectivity index (χ0) is 26.1. The van der Waals surface area contributed by atoms with E-state index in [1.54, 1.807) is 0 Å². The minimum Gasteiger partial charge on any atom is -0.482 e. The molecule has 0 bridgehead atoms. The fourth-order valence-electron chi connectivity index (χ4n) is 5.15. The third-order valence-corrected chi connectivity index (χ3v) is 7.81. The molecule has 3 aromatic carbocycles. The molecule has 1 aromatic heterocycles. The molecule has 0 aliphatic carbocycles. The summed E-state index contributed by atoms with van der Waals surface area (Å²) >= 11 is 11.9. The molecule has 1 unspecified atom stereocenters. The van der Waals surface area contributed by atoms with Crippen LogP contribution in [0.15, 0.2) is 72.9 Å². The van der Waals surface area contributed by atoms with Crippen molar-refractivity contribution in [3.63, 3.8) is 0 Å². The number of carbonyl (C=O) groups is 1. The maximum atomic E-state index is 13.4. The van der Waals surface area contributed by atoms with E-state index in [-0.39, 0.29) is 12.0 Å². The van der Waals surface area contributed by atoms with Gasteiger partial charge in [0.25, 0.3) is 5.91 Å². The number of nitrogens with zero attached hydrogens (tertiary/aromatic N) is 2. The summed E-state index contributed by atoms with van der Waals surface area (Å²) in [5.74, 6) is 0.601. The lowest BCUT2D eigenvalue weighted by atomic mass is 10.0. The molecule has 4 aromatic rings. The molecule has 1 amide bonds. The molecule has 194 valence electrons. The van der Waals surface area contributed by atoms with Gasteiger partial charge in [0.1, 0.15) is 11.9 Å². The van der Waals surface area contributed by atoms with Gasteiger partial charge in [0, 0.05) is 42.8 Å². The lowest BCUT2D eigenvalue weighted by Crippen LogP contribution is -2.35. The highest BCUT2D eigenvalue weighted by Gasteiger charge is 2.26. The monoisotopic (exact) mass is 545 g/mol. The molecule has 1 saturated heterocycles. The molecule has 3 heterocycles. The molecule has 1 N–H and O–H groups in total. The Hall–Kier alpha value is -3.23. The third-order valence-electron chi connectivity index (χ3n) is 7.12. The van der Waals surface area contributed by atoms with E-state index in [0.29, 0.717) is 28.2 Å². The lowest BCUT2D eigenvalue weighted by Gasteiger charge is -2.31. The smallest absolute Gasteiger partial charge is 0.254 e. The topological polar surface area (TPSA) is 55.7 Å². The molecule has 2 aliphatic heterocycles. The first-order chi connectivity index (χ1) is 18.5. The number of morpholine rings is 1. The maximum absolute atomic E-state index is 13.4. The number of halogens is 1. The predicted octanol–water partition coefficient (Wildman–Crippen LogP) is 5.92. The molecular weight excluding hydrogens is 518 g/mol. The second-order valence-electron chi connectivity index (χ2n) is 9.73. The Bertz CT molecular complexity index is 1530. The minimum absolute atomic E-state index is 0.170. The lowest BCUT2D eigenvalue weighted by molar-refractivity contribution is 0.0341. The van der Waals surface area contributed by atoms with Gasteiger partial charge >= 0.3 is 0 Å². The highest BCUT2D eigenvalue weighted by molar-refractivity contribution is 7.71. The number of benzene rings is 3. The Balaban J connectivity index is 1.38. The number of ether oxygens (including phenoxy) is 2. The summed E-state index contributed by atoms with van der Waals surface area (Å²) in [6, 6.07) is 21.9. The molecule has 1 fully saturated rings. The van der Waals surface area contributed by atoms with Crippen molar-refractivity contribution in [2.45, 2.75) is 25.7 Å². The van der Waals surface area contributed by atoms with Crippen molar-refractivity contribution in [1.29, 1.82) is 0 Å². The van der Waals surface area contributed by atoms with Crippen molar-refractivity contribution in [2.75, 3.05) is 26.3 Å². The standard InChI is InChI=1S/C30H28ClN3O3S/c31-23-8-6-20(7-9-23)16-32-30(35)25-18-34-19-27(22-4-2-1-3-5-22)37-26-15-21(14-24(28(26)34)29(25)38)17-33-10-12-36-13-11-33/h1-9,14-15,18,27H,10-13,16-17,19H2,(H,32,35). The Morgan fingerprint density at radius 1 is 1.03 bits per heavy atom. The highest BCUT2D eigenvalue weighted by atomic mass is 35.5. The predicted molar refractivity (Wildman–Crippen MR) is 151 cm³/mol. The molecule has 0 radical (unpaired) electrons. The molecule has 8 heteroatoms. The zero-order valence-electron chi connectivity index (χ0n) is 20.9. The van der Waals surface area contributed by atoms with Gasteiger partial charge in [0.15, 0.2) is 0 Å². The maximum Gasteiger partial charge on any atom is 0.254 e. The first kappa shape index (κ1) is 25.1. The van der Waals surface area contributed by atoms with Crippen molar-refractivity contribution < 1.29 is 14.3 Å². The van der Waals surface area contributed by atoms with E-state index >= 15 is 0 Å². The first-order valence-corrected chi connectivity index (χ1v) is 13.6. The normalized spacial score (nSPS) is 17.2. The quantitative estimate of drug-likeness (QED) is 0.305. The molecule has 1 atom stereocenters. The number of carbonyl (C=O) groups excluding carboxylic acids is 1. The molecular formula is C30H28ClN3O3S. The van der Waals surface area contributed by atoms with Gasteiger partial charge in [-0.15, -0.1) is 0 Å². The molecule has 0 spiro atoms. The summed E-state index contributed by atoms with van der Waals surface area (Å²) in [7, 11) is 0. The summed E-state index contributed by atoms with van der Waals surface area (Å²) in [5.41, 5.74) is 4.59. The average Bonchev–Trinajstić information content (AvgIpc) is 2.95. The number of rotatable bonds is 6. The Morgan fingerprint density at radius 3 is 2.55 bits per heavy atom. The molecule has 0 saturated carbocycles. The van der Waals surface area contributed by atoms with Crippen LogP contribution in [0.25, 0.3) is 10.9 Å². The van der Waals surface area contributed by atoms with Gasteiger partial charge in [-0.05, 0) is 41.0 Å². The van der Waals surface area contributed by atoms with Crippen molar-refractivity contribution in [2.24, 2.45) is 0 Å². The number of amides is 1. The number of pyridine rings is 1. The average molecular weight is 546 g/mol. The Kier molecular flexibility index (Phi) is 7.17. The summed E-state index contributed by atoms with van der Waals surface area (Å²) in [5, 5.41) is 4.56. The summed E-state index contributed by atoms with van der Waals surface area (Å²) in [6.07, 6.45) is 1.71. The van der Waals surface area contributed by atoms with E-state index in [9.17, 15) is 4.79 Å². The minimum atomic E-state index is -0.196. The van der Waals surface area contributed by atoms with Crippen molar-refractivity contribution in [3.8, 4) is 5.75 Å². The van der Waals surface area contributed by atoms with E-state index in [1.165, 1.54) is 0 Å². The van der Waals surface area contributed by atoms with Crippen LogP contribution in [0, 0.1) is 4.51 Å². The second-order valence-corrected chi connectivity index (χ2v) is 10.6.